The molecule has 0 radical (unpaired) electrons. The average Bonchev–Trinajstić information content (AvgIpc) is 2.77. The molecule has 0 aliphatic carbocycles. The highest BCUT2D eigenvalue weighted by molar-refractivity contribution is 5.64. The first-order valence-electron chi connectivity index (χ1n) is 13.9. The number of carboxylic acid groups (broad SMARTS) is 1. The number of aliphatic hydroxyl groups excluding tert-OH is 2. The standard InChI is InChI=1S/C27H55NO4/c1-2-3-4-5-6-7-8-9-10-11-12-13-14-15-16-18-21-28(23-25-29,24-26-30)22-19-17-20-27(31)32/h29-30H,2-26H2,1H3. The fourth-order valence-electron chi connectivity index (χ4n) is 4.81. The number of carbonyl (C=O) groups excluding carboxylic acids is 1. The third-order valence-corrected chi connectivity index (χ3v) is 6.90. The van der Waals surface area contributed by atoms with Gasteiger partial charge < -0.3 is 24.6 Å². The molecule has 0 rings (SSSR count). The lowest BCUT2D eigenvalue weighted by molar-refractivity contribution is -0.929. The molecule has 0 bridgehead atoms. The predicted molar refractivity (Wildman–Crippen MR) is 132 cm³/mol. The van der Waals surface area contributed by atoms with Crippen LogP contribution in [0.15, 0.2) is 0 Å². The van der Waals surface area contributed by atoms with Crippen molar-refractivity contribution >= 4 is 5.97 Å². The number of hydrogen-bond acceptors (Lipinski definition) is 4. The number of carbonyl (C=O) groups is 1. The van der Waals surface area contributed by atoms with Gasteiger partial charge in [-0.2, -0.15) is 0 Å². The first-order chi connectivity index (χ1) is 15.6. The Morgan fingerprint density at radius 2 is 0.906 bits per heavy atom. The molecule has 192 valence electrons. The molecule has 0 aliphatic heterocycles. The smallest absolute Gasteiger partial charge is 0.102 e. The van der Waals surface area contributed by atoms with Gasteiger partial charge in [0.15, 0.2) is 0 Å². The zero-order valence-corrected chi connectivity index (χ0v) is 21.3. The molecule has 0 spiro atoms. The third-order valence-electron chi connectivity index (χ3n) is 6.90. The summed E-state index contributed by atoms with van der Waals surface area (Å²) in [5, 5.41) is 29.6. The van der Waals surface area contributed by atoms with Gasteiger partial charge in [-0.05, 0) is 32.1 Å². The topological polar surface area (TPSA) is 80.6 Å². The summed E-state index contributed by atoms with van der Waals surface area (Å²) in [6, 6.07) is 0. The zero-order valence-electron chi connectivity index (χ0n) is 21.3. The van der Waals surface area contributed by atoms with Gasteiger partial charge in [-0.3, -0.25) is 0 Å². The maximum atomic E-state index is 10.6. The summed E-state index contributed by atoms with van der Waals surface area (Å²) in [7, 11) is 0. The van der Waals surface area contributed by atoms with Gasteiger partial charge in [0, 0.05) is 5.97 Å². The SMILES string of the molecule is CCCCCCCCCCCCCCCCCC[N+](CCO)(CCO)CCCCC(=O)[O-]. The number of carboxylic acids is 1. The highest BCUT2D eigenvalue weighted by Crippen LogP contribution is 2.16. The summed E-state index contributed by atoms with van der Waals surface area (Å²) in [4.78, 5) is 10.6. The molecule has 0 aromatic carbocycles. The fraction of sp³-hybridized carbons (Fsp3) is 0.963. The van der Waals surface area contributed by atoms with Gasteiger partial charge in [-0.15, -0.1) is 0 Å². The number of aliphatic hydroxyl groups is 2. The molecule has 0 saturated carbocycles. The molecule has 5 nitrogen and oxygen atoms in total. The van der Waals surface area contributed by atoms with Crippen LogP contribution in [-0.4, -0.2) is 60.1 Å². The number of nitrogens with zero attached hydrogens (tertiary/aromatic N) is 1. The minimum atomic E-state index is -0.995. The molecule has 0 aromatic heterocycles. The molecule has 32 heavy (non-hydrogen) atoms. The van der Waals surface area contributed by atoms with Crippen molar-refractivity contribution in [1.29, 1.82) is 0 Å². The summed E-state index contributed by atoms with van der Waals surface area (Å²) in [5.41, 5.74) is 0. The quantitative estimate of drug-likeness (QED) is 0.142. The lowest BCUT2D eigenvalue weighted by Crippen LogP contribution is -2.52. The van der Waals surface area contributed by atoms with Crippen molar-refractivity contribution in [2.75, 3.05) is 39.4 Å². The fourth-order valence-corrected chi connectivity index (χ4v) is 4.81. The van der Waals surface area contributed by atoms with Crippen molar-refractivity contribution in [2.45, 2.75) is 129 Å². The van der Waals surface area contributed by atoms with Crippen LogP contribution in [0.3, 0.4) is 0 Å². The molecule has 0 saturated heterocycles. The Balaban J connectivity index is 3.72. The van der Waals surface area contributed by atoms with E-state index >= 15 is 0 Å². The molecule has 2 N–H and O–H groups in total. The van der Waals surface area contributed by atoms with Crippen LogP contribution in [0.2, 0.25) is 0 Å². The van der Waals surface area contributed by atoms with Crippen LogP contribution < -0.4 is 5.11 Å². The van der Waals surface area contributed by atoms with E-state index < -0.39 is 5.97 Å². The van der Waals surface area contributed by atoms with Gasteiger partial charge in [0.05, 0.1) is 26.3 Å². The van der Waals surface area contributed by atoms with E-state index in [1.165, 1.54) is 96.3 Å². The van der Waals surface area contributed by atoms with Crippen LogP contribution >= 0.6 is 0 Å². The maximum Gasteiger partial charge on any atom is 0.102 e. The van der Waals surface area contributed by atoms with Crippen molar-refractivity contribution in [1.82, 2.24) is 0 Å². The van der Waals surface area contributed by atoms with E-state index in [2.05, 4.69) is 6.92 Å². The van der Waals surface area contributed by atoms with E-state index in [0.29, 0.717) is 24.0 Å². The van der Waals surface area contributed by atoms with Gasteiger partial charge >= 0.3 is 0 Å². The van der Waals surface area contributed by atoms with Crippen LogP contribution in [0.25, 0.3) is 0 Å². The Hall–Kier alpha value is -0.650. The summed E-state index contributed by atoms with van der Waals surface area (Å²) in [6.07, 6.45) is 23.1. The van der Waals surface area contributed by atoms with E-state index in [4.69, 9.17) is 0 Å². The number of aliphatic carboxylic acids is 1. The average molecular weight is 458 g/mol. The summed E-state index contributed by atoms with van der Waals surface area (Å²) >= 11 is 0. The van der Waals surface area contributed by atoms with Crippen LogP contribution in [0.4, 0.5) is 0 Å². The van der Waals surface area contributed by atoms with Crippen molar-refractivity contribution in [3.63, 3.8) is 0 Å². The molecule has 0 heterocycles. The Kier molecular flexibility index (Phi) is 23.0. The molecular weight excluding hydrogens is 402 g/mol. The number of quaternary nitrogens is 1. The lowest BCUT2D eigenvalue weighted by atomic mass is 10.0. The molecule has 0 amide bonds. The Bertz CT molecular complexity index is 397. The van der Waals surface area contributed by atoms with Crippen molar-refractivity contribution in [3.05, 3.63) is 0 Å². The molecule has 5 heteroatoms. The van der Waals surface area contributed by atoms with Gasteiger partial charge in [0.2, 0.25) is 0 Å². The van der Waals surface area contributed by atoms with E-state index in [-0.39, 0.29) is 19.6 Å². The minimum absolute atomic E-state index is 0.0945. The van der Waals surface area contributed by atoms with E-state index in [0.717, 1.165) is 25.9 Å². The van der Waals surface area contributed by atoms with Crippen LogP contribution in [0, 0.1) is 0 Å². The van der Waals surface area contributed by atoms with E-state index in [9.17, 15) is 20.1 Å². The first kappa shape index (κ1) is 31.4. The third kappa shape index (κ3) is 20.0. The summed E-state index contributed by atoms with van der Waals surface area (Å²) in [6.45, 7) is 5.57. The summed E-state index contributed by atoms with van der Waals surface area (Å²) < 4.78 is 0.707. The Morgan fingerprint density at radius 1 is 0.562 bits per heavy atom. The maximum absolute atomic E-state index is 10.6. The lowest BCUT2D eigenvalue weighted by Gasteiger charge is -2.38. The van der Waals surface area contributed by atoms with Crippen LogP contribution in [0.5, 0.6) is 0 Å². The van der Waals surface area contributed by atoms with Gasteiger partial charge in [-0.1, -0.05) is 96.8 Å². The van der Waals surface area contributed by atoms with Crippen molar-refractivity contribution < 1.29 is 24.6 Å². The molecule has 0 aromatic rings. The number of unbranched alkanes of at least 4 members (excludes halogenated alkanes) is 16. The van der Waals surface area contributed by atoms with Crippen molar-refractivity contribution in [3.8, 4) is 0 Å². The van der Waals surface area contributed by atoms with Crippen LogP contribution in [0.1, 0.15) is 129 Å². The van der Waals surface area contributed by atoms with E-state index in [1.54, 1.807) is 0 Å². The first-order valence-corrected chi connectivity index (χ1v) is 13.9. The molecule has 0 atom stereocenters. The van der Waals surface area contributed by atoms with Gasteiger partial charge in [-0.25, -0.2) is 0 Å². The monoisotopic (exact) mass is 457 g/mol. The molecule has 0 fully saturated rings. The highest BCUT2D eigenvalue weighted by atomic mass is 16.4. The highest BCUT2D eigenvalue weighted by Gasteiger charge is 2.25. The summed E-state index contributed by atoms with van der Waals surface area (Å²) in [5.74, 6) is -0.995. The Morgan fingerprint density at radius 3 is 1.25 bits per heavy atom. The number of rotatable bonds is 26. The second kappa shape index (κ2) is 23.5. The minimum Gasteiger partial charge on any atom is -0.550 e. The number of hydrogen-bond donors (Lipinski definition) is 2. The second-order valence-corrected chi connectivity index (χ2v) is 9.82. The van der Waals surface area contributed by atoms with E-state index in [1.807, 2.05) is 0 Å². The van der Waals surface area contributed by atoms with Crippen LogP contribution in [-0.2, 0) is 4.79 Å². The molecule has 0 unspecified atom stereocenters. The normalized spacial score (nSPS) is 11.8. The van der Waals surface area contributed by atoms with Gasteiger partial charge in [0.25, 0.3) is 0 Å². The predicted octanol–water partition coefficient (Wildman–Crippen LogP) is 4.97. The molecular formula is C27H55NO4. The Labute approximate surface area is 199 Å². The molecule has 0 aliphatic rings. The second-order valence-electron chi connectivity index (χ2n) is 9.82. The van der Waals surface area contributed by atoms with Crippen molar-refractivity contribution in [2.24, 2.45) is 0 Å². The largest absolute Gasteiger partial charge is 0.550 e. The van der Waals surface area contributed by atoms with Gasteiger partial charge in [0.1, 0.15) is 13.1 Å². The zero-order chi connectivity index (χ0) is 23.8.